The number of rotatable bonds is 10. The normalized spacial score (nSPS) is 14.7. The Balaban J connectivity index is 0.00000656. The summed E-state index contributed by atoms with van der Waals surface area (Å²) in [5, 5.41) is 0.829. The van der Waals surface area contributed by atoms with Crippen LogP contribution < -0.4 is 9.30 Å². The van der Waals surface area contributed by atoms with E-state index in [0.29, 0.717) is 38.8 Å². The molecular formula is C53H40N4OPt-2. The molecule has 0 saturated carbocycles. The van der Waals surface area contributed by atoms with Gasteiger partial charge in [0.15, 0.2) is 0 Å². The van der Waals surface area contributed by atoms with E-state index in [9.17, 15) is 0 Å². The Labute approximate surface area is 378 Å². The van der Waals surface area contributed by atoms with Crippen LogP contribution in [0.25, 0.3) is 72.3 Å². The zero-order chi connectivity index (χ0) is 51.2. The number of hydrogen-bond acceptors (Lipinski definition) is 2. The van der Waals surface area contributed by atoms with Crippen LogP contribution in [0.5, 0.6) is 11.5 Å². The number of para-hydroxylation sites is 4. The third-order valence-corrected chi connectivity index (χ3v) is 10.3. The predicted molar refractivity (Wildman–Crippen MR) is 234 cm³/mol. The number of aromatic nitrogens is 4. The molecule has 5 nitrogen and oxygen atoms in total. The number of benzene rings is 7. The maximum absolute atomic E-state index is 9.04. The SMILES string of the molecule is [2H]c1c([2H])c([2H])c(-c2cccc(-c3c([2H])c([2H])c([2H])c([2H])c3[2H])c2-[n+]2[c-]n(-c3[c-]c(Oc4[c-]c5c(cc4)c4c([2H])c([2H])c([2H])c([2H])c4n5-c4cc(C(CC)CC)ccn4)ccc3)c3ccccc32)c([2H])c1[2H].[Pt]. The zero-order valence-corrected chi connectivity index (χ0v) is 33.9. The van der Waals surface area contributed by atoms with Crippen molar-refractivity contribution in [3.05, 3.63) is 200 Å². The van der Waals surface area contributed by atoms with Crippen LogP contribution >= 0.6 is 0 Å². The Morgan fingerprint density at radius 2 is 1.36 bits per heavy atom. The third kappa shape index (κ3) is 6.96. The number of nitrogens with zero attached hydrogens (tertiary/aromatic N) is 4. The first-order valence-corrected chi connectivity index (χ1v) is 18.8. The van der Waals surface area contributed by atoms with E-state index < -0.39 is 60.4 Å². The van der Waals surface area contributed by atoms with Gasteiger partial charge in [-0.05, 0) is 75.8 Å². The van der Waals surface area contributed by atoms with Gasteiger partial charge in [0.25, 0.3) is 6.33 Å². The molecule has 0 aliphatic heterocycles. The molecule has 0 unspecified atom stereocenters. The molecular weight excluding hydrogens is 904 g/mol. The Kier molecular flexibility index (Phi) is 6.95. The summed E-state index contributed by atoms with van der Waals surface area (Å²) >= 11 is 0. The first kappa shape index (κ1) is 25.0. The molecule has 0 radical (unpaired) electrons. The largest absolute Gasteiger partial charge is 0.510 e. The maximum atomic E-state index is 9.04. The Bertz CT molecular complexity index is 3760. The number of pyridine rings is 1. The second-order valence-electron chi connectivity index (χ2n) is 13.6. The van der Waals surface area contributed by atoms with Crippen molar-refractivity contribution in [2.24, 2.45) is 0 Å². The van der Waals surface area contributed by atoms with Gasteiger partial charge in [0.1, 0.15) is 5.82 Å². The van der Waals surface area contributed by atoms with Crippen molar-refractivity contribution in [3.8, 4) is 50.9 Å². The minimum absolute atomic E-state index is 0. The Hall–Kier alpha value is -6.55. The van der Waals surface area contributed by atoms with Crippen LogP contribution in [0.3, 0.4) is 0 Å². The molecule has 6 heteroatoms. The van der Waals surface area contributed by atoms with Gasteiger partial charge in [-0.25, -0.2) is 4.98 Å². The average Bonchev–Trinajstić information content (AvgIpc) is 3.94. The fourth-order valence-electron chi connectivity index (χ4n) is 7.59. The van der Waals surface area contributed by atoms with E-state index in [2.05, 4.69) is 32.3 Å². The van der Waals surface area contributed by atoms with E-state index >= 15 is 0 Å². The fraction of sp³-hybridized carbons (Fsp3) is 0.0943. The van der Waals surface area contributed by atoms with Crippen LogP contribution in [0.15, 0.2) is 176 Å². The fourth-order valence-corrected chi connectivity index (χ4v) is 7.59. The first-order chi connectivity index (χ1) is 34.5. The van der Waals surface area contributed by atoms with Crippen LogP contribution in [0.1, 0.15) is 57.4 Å². The van der Waals surface area contributed by atoms with E-state index in [4.69, 9.17) is 28.9 Å². The van der Waals surface area contributed by atoms with Crippen molar-refractivity contribution < 1.29 is 49.6 Å². The second-order valence-corrected chi connectivity index (χ2v) is 13.6. The quantitative estimate of drug-likeness (QED) is 0.101. The molecule has 3 aromatic heterocycles. The van der Waals surface area contributed by atoms with E-state index in [0.717, 1.165) is 18.4 Å². The van der Waals surface area contributed by atoms with E-state index in [1.807, 2.05) is 12.1 Å². The second kappa shape index (κ2) is 16.4. The smallest absolute Gasteiger partial charge is 0.268 e. The molecule has 10 rings (SSSR count). The number of ether oxygens (including phenoxy) is 1. The number of fused-ring (bicyclic) bond motifs is 4. The summed E-state index contributed by atoms with van der Waals surface area (Å²) in [5.74, 6) is 1.17. The zero-order valence-electron chi connectivity index (χ0n) is 45.7. The predicted octanol–water partition coefficient (Wildman–Crippen LogP) is 12.8. The molecule has 3 heterocycles. The van der Waals surface area contributed by atoms with Crippen molar-refractivity contribution in [2.75, 3.05) is 0 Å². The molecule has 0 bridgehead atoms. The molecule has 0 amide bonds. The summed E-state index contributed by atoms with van der Waals surface area (Å²) in [5.41, 5.74) is 3.13. The third-order valence-electron chi connectivity index (χ3n) is 10.3. The topological polar surface area (TPSA) is 35.9 Å². The molecule has 10 aromatic rings. The summed E-state index contributed by atoms with van der Waals surface area (Å²) in [6, 6.07) is 24.2. The molecule has 0 atom stereocenters. The van der Waals surface area contributed by atoms with Crippen molar-refractivity contribution in [1.29, 1.82) is 0 Å². The summed E-state index contributed by atoms with van der Waals surface area (Å²) in [6.45, 7) is 4.22. The van der Waals surface area contributed by atoms with Gasteiger partial charge >= 0.3 is 0 Å². The molecule has 290 valence electrons. The first-order valence-electron chi connectivity index (χ1n) is 25.8. The van der Waals surface area contributed by atoms with Gasteiger partial charge in [-0.3, -0.25) is 4.57 Å². The van der Waals surface area contributed by atoms with Gasteiger partial charge < -0.3 is 13.9 Å². The molecule has 0 aliphatic carbocycles. The van der Waals surface area contributed by atoms with Crippen LogP contribution in [-0.2, 0) is 21.1 Å². The van der Waals surface area contributed by atoms with Gasteiger partial charge in [0, 0.05) is 44.3 Å². The Morgan fingerprint density at radius 1 is 0.678 bits per heavy atom. The van der Waals surface area contributed by atoms with Crippen LogP contribution in [0.4, 0.5) is 0 Å². The van der Waals surface area contributed by atoms with Gasteiger partial charge in [0.05, 0.1) is 35.9 Å². The summed E-state index contributed by atoms with van der Waals surface area (Å²) in [7, 11) is 0. The van der Waals surface area contributed by atoms with E-state index in [1.54, 1.807) is 86.6 Å². The van der Waals surface area contributed by atoms with Gasteiger partial charge in [-0.1, -0.05) is 140 Å². The average molecular weight is 958 g/mol. The summed E-state index contributed by atoms with van der Waals surface area (Å²) in [4.78, 5) is 4.70. The number of imidazole rings is 1. The molecule has 59 heavy (non-hydrogen) atoms. The molecule has 7 aromatic carbocycles. The monoisotopic (exact) mass is 957 g/mol. The van der Waals surface area contributed by atoms with Crippen LogP contribution in [0, 0.1) is 18.5 Å². The summed E-state index contributed by atoms with van der Waals surface area (Å²) < 4.78 is 133. The van der Waals surface area contributed by atoms with Crippen LogP contribution in [0.2, 0.25) is 0 Å². The van der Waals surface area contributed by atoms with Crippen molar-refractivity contribution in [3.63, 3.8) is 0 Å². The minimum atomic E-state index is -0.598. The van der Waals surface area contributed by atoms with E-state index in [-0.39, 0.29) is 96.1 Å². The Morgan fingerprint density at radius 3 is 2.10 bits per heavy atom. The van der Waals surface area contributed by atoms with E-state index in [1.165, 1.54) is 6.07 Å². The van der Waals surface area contributed by atoms with Crippen LogP contribution in [-0.4, -0.2) is 14.1 Å². The minimum Gasteiger partial charge on any atom is -0.510 e. The maximum Gasteiger partial charge on any atom is 0.268 e. The number of hydrogen-bond donors (Lipinski definition) is 0. The molecule has 0 N–H and O–H groups in total. The molecule has 0 spiro atoms. The standard InChI is InChI=1S/C53H40N4O.Pt/c1-3-37(4-2)40-31-32-54-52(33-40)57-48-26-12-11-23-46(48)47-30-29-43(35-51(47)57)58-42-22-15-21-41(34-42)55-36-56(50-28-14-13-27-49(50)55)53-44(38-17-7-5-8-18-38)24-16-25-45(53)39-19-9-6-10-20-39;/h5-33,37H,3-4H2,1-2H3;/q-2;/i5D,6D,7D,8D,9D,10D,11D,12D,17D,18D,19D,20D,23D,26D;. The van der Waals surface area contributed by atoms with Gasteiger partial charge in [-0.2, -0.15) is 18.2 Å². The van der Waals surface area contributed by atoms with Crippen molar-refractivity contribution in [1.82, 2.24) is 14.1 Å². The molecule has 0 saturated heterocycles. The van der Waals surface area contributed by atoms with Gasteiger partial charge in [-0.15, -0.1) is 29.7 Å². The molecule has 0 fully saturated rings. The van der Waals surface area contributed by atoms with Crippen molar-refractivity contribution in [2.45, 2.75) is 32.6 Å². The molecule has 0 aliphatic rings. The van der Waals surface area contributed by atoms with Gasteiger partial charge in [0.2, 0.25) is 0 Å². The summed E-state index contributed by atoms with van der Waals surface area (Å²) in [6.07, 6.45) is 6.83. The van der Waals surface area contributed by atoms with Crippen molar-refractivity contribution >= 4 is 32.8 Å².